The third-order valence-electron chi connectivity index (χ3n) is 2.16. The van der Waals surface area contributed by atoms with Crippen molar-refractivity contribution in [3.8, 4) is 5.75 Å². The molecule has 100 valence electrons. The van der Waals surface area contributed by atoms with E-state index in [1.54, 1.807) is 6.07 Å². The second-order valence-corrected chi connectivity index (χ2v) is 5.03. The lowest BCUT2D eigenvalue weighted by Crippen LogP contribution is -2.26. The molecular formula is C12H14BrF2NO2. The van der Waals surface area contributed by atoms with Crippen molar-refractivity contribution in [2.45, 2.75) is 25.3 Å². The van der Waals surface area contributed by atoms with E-state index in [2.05, 4.69) is 26.0 Å². The summed E-state index contributed by atoms with van der Waals surface area (Å²) in [5.41, 5.74) is 0.420. The zero-order valence-electron chi connectivity index (χ0n) is 9.99. The minimum atomic E-state index is -2.88. The Morgan fingerprint density at radius 2 is 2.06 bits per heavy atom. The van der Waals surface area contributed by atoms with Crippen molar-refractivity contribution in [1.82, 2.24) is 0 Å². The molecule has 0 heterocycles. The minimum Gasteiger partial charge on any atom is -0.435 e. The van der Waals surface area contributed by atoms with E-state index in [0.29, 0.717) is 5.69 Å². The van der Waals surface area contributed by atoms with E-state index in [0.717, 1.165) is 0 Å². The van der Waals surface area contributed by atoms with Crippen LogP contribution in [0.1, 0.15) is 13.8 Å². The van der Waals surface area contributed by atoms with E-state index in [1.807, 2.05) is 13.8 Å². The van der Waals surface area contributed by atoms with Crippen LogP contribution in [0.15, 0.2) is 24.3 Å². The van der Waals surface area contributed by atoms with Gasteiger partial charge in [0.05, 0.1) is 4.83 Å². The van der Waals surface area contributed by atoms with E-state index in [-0.39, 0.29) is 22.4 Å². The van der Waals surface area contributed by atoms with Gasteiger partial charge in [0.15, 0.2) is 0 Å². The van der Waals surface area contributed by atoms with Gasteiger partial charge in [-0.3, -0.25) is 4.79 Å². The lowest BCUT2D eigenvalue weighted by atomic mass is 10.1. The van der Waals surface area contributed by atoms with Crippen molar-refractivity contribution in [1.29, 1.82) is 0 Å². The molecule has 1 atom stereocenters. The van der Waals surface area contributed by atoms with Crippen molar-refractivity contribution >= 4 is 27.5 Å². The molecule has 0 aliphatic carbocycles. The van der Waals surface area contributed by atoms with Crippen LogP contribution in [-0.2, 0) is 4.79 Å². The molecule has 0 radical (unpaired) electrons. The van der Waals surface area contributed by atoms with Gasteiger partial charge < -0.3 is 10.1 Å². The SMILES string of the molecule is CC(C)C(Br)C(=O)Nc1cccc(OC(F)F)c1. The monoisotopic (exact) mass is 321 g/mol. The van der Waals surface area contributed by atoms with Gasteiger partial charge in [0.1, 0.15) is 5.75 Å². The first kappa shape index (κ1) is 14.9. The maximum absolute atomic E-state index is 12.0. The molecule has 0 saturated carbocycles. The topological polar surface area (TPSA) is 38.3 Å². The highest BCUT2D eigenvalue weighted by atomic mass is 79.9. The summed E-state index contributed by atoms with van der Waals surface area (Å²) in [6.45, 7) is 0.917. The molecule has 0 saturated heterocycles. The Kier molecular flexibility index (Phi) is 5.53. The summed E-state index contributed by atoms with van der Waals surface area (Å²) >= 11 is 3.26. The van der Waals surface area contributed by atoms with Crippen LogP contribution in [0, 0.1) is 5.92 Å². The van der Waals surface area contributed by atoms with Crippen LogP contribution < -0.4 is 10.1 Å². The predicted octanol–water partition coefficient (Wildman–Crippen LogP) is 3.65. The first-order chi connectivity index (χ1) is 8.40. The largest absolute Gasteiger partial charge is 0.435 e. The van der Waals surface area contributed by atoms with Gasteiger partial charge in [-0.05, 0) is 18.1 Å². The fourth-order valence-corrected chi connectivity index (χ4v) is 1.38. The summed E-state index contributed by atoms with van der Waals surface area (Å²) in [5, 5.41) is 2.63. The number of hydrogen-bond donors (Lipinski definition) is 1. The van der Waals surface area contributed by atoms with Gasteiger partial charge in [0, 0.05) is 11.8 Å². The Morgan fingerprint density at radius 3 is 2.61 bits per heavy atom. The molecule has 1 aromatic rings. The molecule has 1 rings (SSSR count). The van der Waals surface area contributed by atoms with E-state index < -0.39 is 6.61 Å². The van der Waals surface area contributed by atoms with Crippen LogP contribution in [-0.4, -0.2) is 17.3 Å². The maximum Gasteiger partial charge on any atom is 0.387 e. The normalized spacial score (nSPS) is 12.6. The number of benzene rings is 1. The van der Waals surface area contributed by atoms with Crippen LogP contribution in [0.2, 0.25) is 0 Å². The van der Waals surface area contributed by atoms with Crippen molar-refractivity contribution in [3.05, 3.63) is 24.3 Å². The van der Waals surface area contributed by atoms with Crippen molar-refractivity contribution in [2.24, 2.45) is 5.92 Å². The second-order valence-electron chi connectivity index (χ2n) is 4.04. The highest BCUT2D eigenvalue weighted by Crippen LogP contribution is 2.21. The predicted molar refractivity (Wildman–Crippen MR) is 69.3 cm³/mol. The second kappa shape index (κ2) is 6.68. The van der Waals surface area contributed by atoms with Gasteiger partial charge >= 0.3 is 6.61 Å². The molecule has 1 N–H and O–H groups in total. The number of nitrogens with one attached hydrogen (secondary N) is 1. The highest BCUT2D eigenvalue weighted by molar-refractivity contribution is 9.10. The number of carbonyl (C=O) groups excluding carboxylic acids is 1. The van der Waals surface area contributed by atoms with Crippen LogP contribution in [0.3, 0.4) is 0 Å². The number of carbonyl (C=O) groups is 1. The number of rotatable bonds is 5. The van der Waals surface area contributed by atoms with Crippen molar-refractivity contribution in [3.63, 3.8) is 0 Å². The quantitative estimate of drug-likeness (QED) is 0.841. The average Bonchev–Trinajstić information content (AvgIpc) is 2.27. The van der Waals surface area contributed by atoms with Crippen LogP contribution in [0.5, 0.6) is 5.75 Å². The number of halogens is 3. The Bertz CT molecular complexity index is 413. The number of anilines is 1. The van der Waals surface area contributed by atoms with E-state index in [9.17, 15) is 13.6 Å². The maximum atomic E-state index is 12.0. The Balaban J connectivity index is 2.70. The van der Waals surface area contributed by atoms with Crippen LogP contribution >= 0.6 is 15.9 Å². The summed E-state index contributed by atoms with van der Waals surface area (Å²) in [6, 6.07) is 5.89. The van der Waals surface area contributed by atoms with Gasteiger partial charge in [-0.1, -0.05) is 35.8 Å². The fourth-order valence-electron chi connectivity index (χ4n) is 1.26. The smallest absolute Gasteiger partial charge is 0.387 e. The van der Waals surface area contributed by atoms with Gasteiger partial charge in [0.25, 0.3) is 0 Å². The van der Waals surface area contributed by atoms with Gasteiger partial charge in [0.2, 0.25) is 5.91 Å². The third kappa shape index (κ3) is 4.60. The third-order valence-corrected chi connectivity index (χ3v) is 3.64. The van der Waals surface area contributed by atoms with E-state index in [4.69, 9.17) is 0 Å². The molecule has 1 aromatic carbocycles. The van der Waals surface area contributed by atoms with Gasteiger partial charge in [-0.15, -0.1) is 0 Å². The van der Waals surface area contributed by atoms with Crippen LogP contribution in [0.25, 0.3) is 0 Å². The van der Waals surface area contributed by atoms with Crippen molar-refractivity contribution < 1.29 is 18.3 Å². The molecule has 1 unspecified atom stereocenters. The Hall–Kier alpha value is -1.17. The highest BCUT2D eigenvalue weighted by Gasteiger charge is 2.18. The number of alkyl halides is 3. The summed E-state index contributed by atoms with van der Waals surface area (Å²) in [7, 11) is 0. The molecule has 0 aliphatic rings. The summed E-state index contributed by atoms with van der Waals surface area (Å²) < 4.78 is 28.3. The lowest BCUT2D eigenvalue weighted by Gasteiger charge is -2.14. The molecule has 18 heavy (non-hydrogen) atoms. The molecule has 0 fully saturated rings. The number of amides is 1. The van der Waals surface area contributed by atoms with Crippen LogP contribution in [0.4, 0.5) is 14.5 Å². The summed E-state index contributed by atoms with van der Waals surface area (Å²) in [5.74, 6) is -0.0804. The molecule has 0 bridgehead atoms. The van der Waals surface area contributed by atoms with Gasteiger partial charge in [-0.25, -0.2) is 0 Å². The summed E-state index contributed by atoms with van der Waals surface area (Å²) in [6.07, 6.45) is 0. The summed E-state index contributed by atoms with van der Waals surface area (Å²) in [4.78, 5) is 11.4. The molecule has 6 heteroatoms. The Morgan fingerprint density at radius 1 is 1.39 bits per heavy atom. The minimum absolute atomic E-state index is 0.0125. The lowest BCUT2D eigenvalue weighted by molar-refractivity contribution is -0.116. The molecule has 0 aliphatic heterocycles. The zero-order valence-corrected chi connectivity index (χ0v) is 11.6. The molecule has 0 spiro atoms. The molecule has 0 aromatic heterocycles. The van der Waals surface area contributed by atoms with Crippen molar-refractivity contribution in [2.75, 3.05) is 5.32 Å². The first-order valence-corrected chi connectivity index (χ1v) is 6.31. The van der Waals surface area contributed by atoms with E-state index >= 15 is 0 Å². The number of hydrogen-bond acceptors (Lipinski definition) is 2. The average molecular weight is 322 g/mol. The fraction of sp³-hybridized carbons (Fsp3) is 0.417. The molecule has 3 nitrogen and oxygen atoms in total. The molecular weight excluding hydrogens is 308 g/mol. The Labute approximate surface area is 113 Å². The standard InChI is InChI=1S/C12H14BrF2NO2/c1-7(2)10(13)11(17)16-8-4-3-5-9(6-8)18-12(14)15/h3-7,10,12H,1-2H3,(H,16,17). The number of ether oxygens (including phenoxy) is 1. The zero-order chi connectivity index (χ0) is 13.7. The first-order valence-electron chi connectivity index (χ1n) is 5.40. The van der Waals surface area contributed by atoms with E-state index in [1.165, 1.54) is 18.2 Å². The molecule has 1 amide bonds. The van der Waals surface area contributed by atoms with Gasteiger partial charge in [-0.2, -0.15) is 8.78 Å².